The van der Waals surface area contributed by atoms with Crippen molar-refractivity contribution in [3.63, 3.8) is 0 Å². The van der Waals surface area contributed by atoms with Gasteiger partial charge in [-0.25, -0.2) is 0 Å². The fourth-order valence-corrected chi connectivity index (χ4v) is 1.94. The average molecular weight is 222 g/mol. The summed E-state index contributed by atoms with van der Waals surface area (Å²) in [6, 6.07) is 7.55. The predicted octanol–water partition coefficient (Wildman–Crippen LogP) is 0.336. The number of quaternary nitrogens is 1. The molecule has 0 unspecified atom stereocenters. The zero-order valence-corrected chi connectivity index (χ0v) is 9.31. The third kappa shape index (κ3) is 2.02. The first-order chi connectivity index (χ1) is 7.74. The quantitative estimate of drug-likeness (QED) is 0.750. The van der Waals surface area contributed by atoms with E-state index < -0.39 is 0 Å². The fraction of sp³-hybridized carbons (Fsp3) is 0.417. The second-order valence-electron chi connectivity index (χ2n) is 3.91. The van der Waals surface area contributed by atoms with Crippen molar-refractivity contribution in [2.75, 3.05) is 13.7 Å². The molecule has 2 atom stereocenters. The molecule has 1 heterocycles. The van der Waals surface area contributed by atoms with E-state index in [1.165, 1.54) is 0 Å². The standard InChI is InChI=1S/C12H15NO3/c1-15-9-4-2-8(3-5-9)11-6-10(7-13)16-12(11)14/h2-5,10-11H,6-7,13H2,1H3/p+1/t10-,11+/m1/s1. The van der Waals surface area contributed by atoms with Crippen molar-refractivity contribution in [1.29, 1.82) is 0 Å². The SMILES string of the molecule is COc1ccc([C@@H]2C[C@H](C[NH3+])OC2=O)cc1. The molecule has 0 aromatic heterocycles. The molecule has 16 heavy (non-hydrogen) atoms. The van der Waals surface area contributed by atoms with Crippen molar-refractivity contribution in [1.82, 2.24) is 0 Å². The van der Waals surface area contributed by atoms with E-state index in [0.29, 0.717) is 6.54 Å². The topological polar surface area (TPSA) is 63.2 Å². The molecule has 4 nitrogen and oxygen atoms in total. The van der Waals surface area contributed by atoms with Crippen LogP contribution in [-0.4, -0.2) is 25.7 Å². The van der Waals surface area contributed by atoms with Gasteiger partial charge in [-0.05, 0) is 17.7 Å². The Kier molecular flexibility index (Phi) is 3.10. The fourth-order valence-electron chi connectivity index (χ4n) is 1.94. The molecule has 0 radical (unpaired) electrons. The van der Waals surface area contributed by atoms with Crippen molar-refractivity contribution >= 4 is 5.97 Å². The minimum absolute atomic E-state index is 0.0281. The number of methoxy groups -OCH3 is 1. The van der Waals surface area contributed by atoms with Crippen LogP contribution in [0.3, 0.4) is 0 Å². The van der Waals surface area contributed by atoms with Gasteiger partial charge in [0.15, 0.2) is 6.10 Å². The molecule has 1 aromatic rings. The number of esters is 1. The minimum atomic E-state index is -0.141. The van der Waals surface area contributed by atoms with Crippen LogP contribution in [0.15, 0.2) is 24.3 Å². The largest absolute Gasteiger partial charge is 0.497 e. The molecule has 0 saturated carbocycles. The van der Waals surface area contributed by atoms with Crippen LogP contribution in [0.4, 0.5) is 0 Å². The maximum atomic E-state index is 11.6. The smallest absolute Gasteiger partial charge is 0.314 e. The van der Waals surface area contributed by atoms with Gasteiger partial charge >= 0.3 is 5.97 Å². The third-order valence-corrected chi connectivity index (χ3v) is 2.91. The van der Waals surface area contributed by atoms with Gasteiger partial charge in [0.05, 0.1) is 13.0 Å². The second kappa shape index (κ2) is 4.53. The highest BCUT2D eigenvalue weighted by molar-refractivity contribution is 5.80. The van der Waals surface area contributed by atoms with E-state index >= 15 is 0 Å². The van der Waals surface area contributed by atoms with Crippen molar-refractivity contribution in [2.24, 2.45) is 0 Å². The summed E-state index contributed by atoms with van der Waals surface area (Å²) >= 11 is 0. The van der Waals surface area contributed by atoms with Crippen molar-refractivity contribution < 1.29 is 20.0 Å². The summed E-state index contributed by atoms with van der Waals surface area (Å²) in [5.41, 5.74) is 4.75. The molecule has 1 fully saturated rings. The van der Waals surface area contributed by atoms with Gasteiger partial charge in [-0.3, -0.25) is 4.79 Å². The molecule has 4 heteroatoms. The predicted molar refractivity (Wildman–Crippen MR) is 58.0 cm³/mol. The van der Waals surface area contributed by atoms with Gasteiger partial charge in [0, 0.05) is 6.42 Å². The molecule has 0 aliphatic carbocycles. The Labute approximate surface area is 94.3 Å². The van der Waals surface area contributed by atoms with E-state index in [1.54, 1.807) is 7.11 Å². The molecule has 2 rings (SSSR count). The monoisotopic (exact) mass is 222 g/mol. The number of ether oxygens (including phenoxy) is 2. The van der Waals surface area contributed by atoms with E-state index in [9.17, 15) is 4.79 Å². The van der Waals surface area contributed by atoms with Crippen LogP contribution in [0.1, 0.15) is 17.9 Å². The Morgan fingerprint density at radius 3 is 2.62 bits per heavy atom. The Morgan fingerprint density at radius 2 is 2.12 bits per heavy atom. The molecule has 1 aliphatic rings. The highest BCUT2D eigenvalue weighted by Gasteiger charge is 2.35. The lowest BCUT2D eigenvalue weighted by molar-refractivity contribution is -0.382. The van der Waals surface area contributed by atoms with Crippen LogP contribution in [0.2, 0.25) is 0 Å². The number of benzene rings is 1. The number of carbonyl (C=O) groups is 1. The number of cyclic esters (lactones) is 1. The number of hydrogen-bond donors (Lipinski definition) is 1. The van der Waals surface area contributed by atoms with Gasteiger partial charge in [-0.1, -0.05) is 12.1 Å². The summed E-state index contributed by atoms with van der Waals surface area (Å²) in [7, 11) is 1.62. The summed E-state index contributed by atoms with van der Waals surface area (Å²) in [4.78, 5) is 11.6. The maximum Gasteiger partial charge on any atom is 0.314 e. The van der Waals surface area contributed by atoms with Crippen molar-refractivity contribution in [2.45, 2.75) is 18.4 Å². The Balaban J connectivity index is 2.15. The van der Waals surface area contributed by atoms with Gasteiger partial charge in [-0.2, -0.15) is 0 Å². The van der Waals surface area contributed by atoms with Crippen molar-refractivity contribution in [3.05, 3.63) is 29.8 Å². The molecule has 0 spiro atoms. The lowest BCUT2D eigenvalue weighted by Crippen LogP contribution is -2.55. The van der Waals surface area contributed by atoms with E-state index in [0.717, 1.165) is 17.7 Å². The summed E-state index contributed by atoms with van der Waals surface area (Å²) < 4.78 is 10.3. The molecule has 1 saturated heterocycles. The Bertz CT molecular complexity index is 374. The van der Waals surface area contributed by atoms with Gasteiger partial charge in [-0.15, -0.1) is 0 Å². The lowest BCUT2D eigenvalue weighted by Gasteiger charge is -2.06. The summed E-state index contributed by atoms with van der Waals surface area (Å²) in [5.74, 6) is 0.514. The van der Waals surface area contributed by atoms with Gasteiger partial charge in [0.25, 0.3) is 0 Å². The van der Waals surface area contributed by atoms with Crippen LogP contribution in [-0.2, 0) is 9.53 Å². The highest BCUT2D eigenvalue weighted by atomic mass is 16.6. The van der Waals surface area contributed by atoms with Gasteiger partial charge in [0.1, 0.15) is 12.3 Å². The number of carbonyl (C=O) groups excluding carboxylic acids is 1. The van der Waals surface area contributed by atoms with Crippen LogP contribution >= 0.6 is 0 Å². The van der Waals surface area contributed by atoms with E-state index in [-0.39, 0.29) is 18.0 Å². The minimum Gasteiger partial charge on any atom is -0.497 e. The summed E-state index contributed by atoms with van der Waals surface area (Å²) in [5, 5.41) is 0. The van der Waals surface area contributed by atoms with Crippen LogP contribution in [0, 0.1) is 0 Å². The van der Waals surface area contributed by atoms with Crippen LogP contribution in [0.5, 0.6) is 5.75 Å². The molecule has 3 N–H and O–H groups in total. The first-order valence-electron chi connectivity index (χ1n) is 5.38. The highest BCUT2D eigenvalue weighted by Crippen LogP contribution is 2.30. The lowest BCUT2D eigenvalue weighted by atomic mass is 9.96. The maximum absolute atomic E-state index is 11.6. The molecule has 0 amide bonds. The Morgan fingerprint density at radius 1 is 1.44 bits per heavy atom. The third-order valence-electron chi connectivity index (χ3n) is 2.91. The van der Waals surface area contributed by atoms with Gasteiger partial charge in [0.2, 0.25) is 0 Å². The molecule has 86 valence electrons. The molecule has 0 bridgehead atoms. The molecular formula is C12H16NO3+. The molecule has 1 aromatic carbocycles. The number of rotatable bonds is 3. The number of hydrogen-bond acceptors (Lipinski definition) is 3. The van der Waals surface area contributed by atoms with Gasteiger partial charge < -0.3 is 15.2 Å². The molecular weight excluding hydrogens is 206 g/mol. The van der Waals surface area contributed by atoms with E-state index in [4.69, 9.17) is 9.47 Å². The van der Waals surface area contributed by atoms with E-state index in [2.05, 4.69) is 5.73 Å². The summed E-state index contributed by atoms with van der Waals surface area (Å²) in [6.07, 6.45) is 0.703. The zero-order chi connectivity index (χ0) is 11.5. The zero-order valence-electron chi connectivity index (χ0n) is 9.31. The normalized spacial score (nSPS) is 24.2. The first kappa shape index (κ1) is 11.0. The average Bonchev–Trinajstić information content (AvgIpc) is 2.71. The second-order valence-corrected chi connectivity index (χ2v) is 3.91. The molecule has 1 aliphatic heterocycles. The van der Waals surface area contributed by atoms with Crippen LogP contribution < -0.4 is 10.5 Å². The van der Waals surface area contributed by atoms with Crippen molar-refractivity contribution in [3.8, 4) is 5.75 Å². The van der Waals surface area contributed by atoms with E-state index in [1.807, 2.05) is 24.3 Å². The Hall–Kier alpha value is -1.55. The van der Waals surface area contributed by atoms with Crippen LogP contribution in [0.25, 0.3) is 0 Å². The summed E-state index contributed by atoms with van der Waals surface area (Å²) in [6.45, 7) is 0.637. The first-order valence-corrected chi connectivity index (χ1v) is 5.38.